The number of hydrogen-bond donors (Lipinski definition) is 1. The smallest absolute Gasteiger partial charge is 0.306 e. The fraction of sp³-hybridized carbons (Fsp3) is 0.500. The Bertz CT molecular complexity index is 367. The van der Waals surface area contributed by atoms with Crippen molar-refractivity contribution >= 4 is 5.97 Å². The van der Waals surface area contributed by atoms with E-state index in [1.54, 1.807) is 0 Å². The quantitative estimate of drug-likeness (QED) is 0.846. The van der Waals surface area contributed by atoms with Gasteiger partial charge in [-0.3, -0.25) is 4.79 Å². The fourth-order valence-electron chi connectivity index (χ4n) is 2.63. The van der Waals surface area contributed by atoms with Crippen LogP contribution in [0.25, 0.3) is 0 Å². The highest BCUT2D eigenvalue weighted by atomic mass is 16.4. The van der Waals surface area contributed by atoms with E-state index in [2.05, 4.69) is 31.2 Å². The number of carboxylic acids is 1. The first-order chi connectivity index (χ1) is 7.66. The maximum atomic E-state index is 11.1. The van der Waals surface area contributed by atoms with Crippen LogP contribution in [0.5, 0.6) is 0 Å². The van der Waals surface area contributed by atoms with E-state index in [0.29, 0.717) is 5.92 Å². The van der Waals surface area contributed by atoms with Crippen molar-refractivity contribution in [2.75, 3.05) is 0 Å². The van der Waals surface area contributed by atoms with Crippen LogP contribution in [0.4, 0.5) is 0 Å². The van der Waals surface area contributed by atoms with Crippen LogP contribution in [0.2, 0.25) is 0 Å². The molecule has 16 heavy (non-hydrogen) atoms. The molecule has 2 rings (SSSR count). The summed E-state index contributed by atoms with van der Waals surface area (Å²) in [6, 6.07) is 8.43. The zero-order valence-corrected chi connectivity index (χ0v) is 9.65. The molecule has 1 aliphatic carbocycles. The van der Waals surface area contributed by atoms with E-state index in [9.17, 15) is 4.79 Å². The molecule has 2 heteroatoms. The first-order valence-electron chi connectivity index (χ1n) is 5.95. The second-order valence-corrected chi connectivity index (χ2v) is 4.83. The minimum Gasteiger partial charge on any atom is -0.481 e. The lowest BCUT2D eigenvalue weighted by Gasteiger charge is -2.15. The molecule has 0 aromatic heterocycles. The summed E-state index contributed by atoms with van der Waals surface area (Å²) in [6.45, 7) is 2.07. The number of aryl methyl sites for hydroxylation is 1. The number of carboxylic acid groups (broad SMARTS) is 1. The Morgan fingerprint density at radius 3 is 2.62 bits per heavy atom. The monoisotopic (exact) mass is 218 g/mol. The SMILES string of the molecule is Cc1ccc(CC2CCCC2C(=O)O)cc1. The maximum Gasteiger partial charge on any atom is 0.306 e. The van der Waals surface area contributed by atoms with Crippen molar-refractivity contribution in [3.63, 3.8) is 0 Å². The Balaban J connectivity index is 2.03. The summed E-state index contributed by atoms with van der Waals surface area (Å²) in [6.07, 6.45) is 3.89. The van der Waals surface area contributed by atoms with E-state index in [0.717, 1.165) is 25.7 Å². The van der Waals surface area contributed by atoms with Gasteiger partial charge in [0, 0.05) is 0 Å². The lowest BCUT2D eigenvalue weighted by atomic mass is 9.89. The lowest BCUT2D eigenvalue weighted by Crippen LogP contribution is -2.19. The van der Waals surface area contributed by atoms with Crippen LogP contribution >= 0.6 is 0 Å². The van der Waals surface area contributed by atoms with Gasteiger partial charge in [0.25, 0.3) is 0 Å². The summed E-state index contributed by atoms with van der Waals surface area (Å²) in [4.78, 5) is 11.1. The minimum atomic E-state index is -0.616. The van der Waals surface area contributed by atoms with Crippen molar-refractivity contribution < 1.29 is 9.90 Å². The highest BCUT2D eigenvalue weighted by Gasteiger charge is 2.32. The zero-order valence-electron chi connectivity index (χ0n) is 9.65. The third-order valence-corrected chi connectivity index (χ3v) is 3.59. The molecule has 1 saturated carbocycles. The van der Waals surface area contributed by atoms with Crippen molar-refractivity contribution in [3.8, 4) is 0 Å². The summed E-state index contributed by atoms with van der Waals surface area (Å²) >= 11 is 0. The van der Waals surface area contributed by atoms with Gasteiger partial charge in [0.05, 0.1) is 5.92 Å². The lowest BCUT2D eigenvalue weighted by molar-refractivity contribution is -0.142. The van der Waals surface area contributed by atoms with E-state index in [1.165, 1.54) is 11.1 Å². The average Bonchev–Trinajstić information content (AvgIpc) is 2.69. The summed E-state index contributed by atoms with van der Waals surface area (Å²) in [5, 5.41) is 9.11. The van der Waals surface area contributed by atoms with Crippen molar-refractivity contribution in [2.45, 2.75) is 32.6 Å². The van der Waals surface area contributed by atoms with Crippen LogP contribution in [0.3, 0.4) is 0 Å². The molecular formula is C14H18O2. The van der Waals surface area contributed by atoms with E-state index in [-0.39, 0.29) is 5.92 Å². The largest absolute Gasteiger partial charge is 0.481 e. The number of carbonyl (C=O) groups is 1. The Morgan fingerprint density at radius 2 is 2.00 bits per heavy atom. The first kappa shape index (κ1) is 11.2. The predicted octanol–water partition coefficient (Wildman–Crippen LogP) is 3.04. The predicted molar refractivity (Wildman–Crippen MR) is 63.3 cm³/mol. The molecular weight excluding hydrogens is 200 g/mol. The highest BCUT2D eigenvalue weighted by molar-refractivity contribution is 5.70. The Hall–Kier alpha value is -1.31. The van der Waals surface area contributed by atoms with E-state index < -0.39 is 5.97 Å². The first-order valence-corrected chi connectivity index (χ1v) is 5.95. The topological polar surface area (TPSA) is 37.3 Å². The molecule has 86 valence electrons. The van der Waals surface area contributed by atoms with Crippen LogP contribution in [0, 0.1) is 18.8 Å². The molecule has 2 atom stereocenters. The highest BCUT2D eigenvalue weighted by Crippen LogP contribution is 2.34. The van der Waals surface area contributed by atoms with E-state index in [4.69, 9.17) is 5.11 Å². The molecule has 1 fully saturated rings. The van der Waals surface area contributed by atoms with Crippen molar-refractivity contribution in [2.24, 2.45) is 11.8 Å². The van der Waals surface area contributed by atoms with Gasteiger partial charge in [0.1, 0.15) is 0 Å². The number of benzene rings is 1. The van der Waals surface area contributed by atoms with Crippen molar-refractivity contribution in [3.05, 3.63) is 35.4 Å². The Kier molecular flexibility index (Phi) is 3.28. The molecule has 0 aliphatic heterocycles. The normalized spacial score (nSPS) is 24.6. The van der Waals surface area contributed by atoms with Gasteiger partial charge < -0.3 is 5.11 Å². The van der Waals surface area contributed by atoms with Gasteiger partial charge in [-0.1, -0.05) is 36.2 Å². The van der Waals surface area contributed by atoms with Gasteiger partial charge in [-0.25, -0.2) is 0 Å². The number of hydrogen-bond acceptors (Lipinski definition) is 1. The molecule has 1 aromatic carbocycles. The second kappa shape index (κ2) is 4.69. The molecule has 0 saturated heterocycles. The van der Waals surface area contributed by atoms with Gasteiger partial charge in [-0.2, -0.15) is 0 Å². The number of rotatable bonds is 3. The average molecular weight is 218 g/mol. The molecule has 1 aromatic rings. The molecule has 0 radical (unpaired) electrons. The van der Waals surface area contributed by atoms with Crippen LogP contribution in [-0.4, -0.2) is 11.1 Å². The van der Waals surface area contributed by atoms with Crippen LogP contribution in [0.15, 0.2) is 24.3 Å². The zero-order chi connectivity index (χ0) is 11.5. The summed E-state index contributed by atoms with van der Waals surface area (Å²) < 4.78 is 0. The van der Waals surface area contributed by atoms with Gasteiger partial charge in [0.2, 0.25) is 0 Å². The second-order valence-electron chi connectivity index (χ2n) is 4.83. The fourth-order valence-corrected chi connectivity index (χ4v) is 2.63. The van der Waals surface area contributed by atoms with Gasteiger partial charge in [-0.15, -0.1) is 0 Å². The summed E-state index contributed by atoms with van der Waals surface area (Å²) in [5.41, 5.74) is 2.52. The van der Waals surface area contributed by atoms with Gasteiger partial charge in [-0.05, 0) is 37.7 Å². The van der Waals surface area contributed by atoms with Gasteiger partial charge >= 0.3 is 5.97 Å². The summed E-state index contributed by atoms with van der Waals surface area (Å²) in [5.74, 6) is -0.406. The third kappa shape index (κ3) is 2.43. The molecule has 2 nitrogen and oxygen atoms in total. The summed E-state index contributed by atoms with van der Waals surface area (Å²) in [7, 11) is 0. The molecule has 1 N–H and O–H groups in total. The third-order valence-electron chi connectivity index (χ3n) is 3.59. The Labute approximate surface area is 96.3 Å². The molecule has 0 heterocycles. The van der Waals surface area contributed by atoms with Crippen LogP contribution in [-0.2, 0) is 11.2 Å². The number of aliphatic carboxylic acids is 1. The van der Waals surface area contributed by atoms with Crippen molar-refractivity contribution in [1.29, 1.82) is 0 Å². The molecule has 0 amide bonds. The van der Waals surface area contributed by atoms with Crippen LogP contribution in [0.1, 0.15) is 30.4 Å². The van der Waals surface area contributed by atoms with Gasteiger partial charge in [0.15, 0.2) is 0 Å². The van der Waals surface area contributed by atoms with Crippen LogP contribution < -0.4 is 0 Å². The minimum absolute atomic E-state index is 0.124. The molecule has 1 aliphatic rings. The standard InChI is InChI=1S/C14H18O2/c1-10-5-7-11(8-6-10)9-12-3-2-4-13(12)14(15)16/h5-8,12-13H,2-4,9H2,1H3,(H,15,16). The molecule has 0 bridgehead atoms. The maximum absolute atomic E-state index is 11.1. The molecule has 0 spiro atoms. The van der Waals surface area contributed by atoms with E-state index >= 15 is 0 Å². The van der Waals surface area contributed by atoms with Crippen molar-refractivity contribution in [1.82, 2.24) is 0 Å². The van der Waals surface area contributed by atoms with E-state index in [1.807, 2.05) is 0 Å². The molecule has 2 unspecified atom stereocenters. The Morgan fingerprint density at radius 1 is 1.31 bits per heavy atom.